The first-order valence-corrected chi connectivity index (χ1v) is 9.98. The van der Waals surface area contributed by atoms with Crippen molar-refractivity contribution in [3.05, 3.63) is 70.6 Å². The molecular formula is C23H26N2O5. The Hall–Kier alpha value is -3.32. The fourth-order valence-corrected chi connectivity index (χ4v) is 3.21. The fourth-order valence-electron chi connectivity index (χ4n) is 3.21. The quantitative estimate of drug-likeness (QED) is 0.542. The predicted octanol–water partition coefficient (Wildman–Crippen LogP) is 4.14. The number of rotatable bonds is 8. The number of nitrogens with zero attached hydrogens (tertiary/aromatic N) is 1. The van der Waals surface area contributed by atoms with Crippen LogP contribution in [0.2, 0.25) is 0 Å². The number of hydrogen-bond acceptors (Lipinski definition) is 6. The van der Waals surface area contributed by atoms with Crippen molar-refractivity contribution in [3.63, 3.8) is 0 Å². The highest BCUT2D eigenvalue weighted by Crippen LogP contribution is 2.25. The minimum atomic E-state index is -0.570. The van der Waals surface area contributed by atoms with E-state index in [1.807, 2.05) is 42.2 Å². The van der Waals surface area contributed by atoms with Gasteiger partial charge >= 0.3 is 11.7 Å². The average Bonchev–Trinajstić information content (AvgIpc) is 2.73. The van der Waals surface area contributed by atoms with Crippen molar-refractivity contribution in [1.82, 2.24) is 0 Å². The number of para-hydroxylation sites is 1. The summed E-state index contributed by atoms with van der Waals surface area (Å²) in [5.41, 5.74) is 2.09. The van der Waals surface area contributed by atoms with Gasteiger partial charge in [-0.25, -0.2) is 9.59 Å². The summed E-state index contributed by atoms with van der Waals surface area (Å²) in [5, 5.41) is 13.6. The highest BCUT2D eigenvalue weighted by atomic mass is 16.5. The first-order valence-electron chi connectivity index (χ1n) is 9.98. The zero-order valence-corrected chi connectivity index (χ0v) is 17.1. The van der Waals surface area contributed by atoms with E-state index in [0.717, 1.165) is 16.6 Å². The molecule has 1 atom stereocenters. The zero-order chi connectivity index (χ0) is 21.5. The summed E-state index contributed by atoms with van der Waals surface area (Å²) >= 11 is 0. The van der Waals surface area contributed by atoms with Gasteiger partial charge < -0.3 is 19.2 Å². The van der Waals surface area contributed by atoms with Crippen LogP contribution in [0.3, 0.4) is 0 Å². The minimum Gasteiger partial charge on any atom is -0.450 e. The van der Waals surface area contributed by atoms with E-state index in [1.54, 1.807) is 25.1 Å². The predicted molar refractivity (Wildman–Crippen MR) is 117 cm³/mol. The molecule has 0 saturated carbocycles. The Bertz CT molecular complexity index is 1050. The maximum atomic E-state index is 12.2. The van der Waals surface area contributed by atoms with Crippen molar-refractivity contribution >= 4 is 28.4 Å². The highest BCUT2D eigenvalue weighted by molar-refractivity contribution is 5.90. The summed E-state index contributed by atoms with van der Waals surface area (Å²) < 4.78 is 10.2. The molecule has 1 heterocycles. The molecule has 30 heavy (non-hydrogen) atoms. The van der Waals surface area contributed by atoms with Gasteiger partial charge in [-0.2, -0.15) is 0 Å². The van der Waals surface area contributed by atoms with E-state index in [4.69, 9.17) is 9.15 Å². The lowest BCUT2D eigenvalue weighted by Gasteiger charge is -2.27. The molecule has 7 nitrogen and oxygen atoms in total. The van der Waals surface area contributed by atoms with E-state index in [-0.39, 0.29) is 6.61 Å². The van der Waals surface area contributed by atoms with Crippen molar-refractivity contribution < 1.29 is 19.1 Å². The molecule has 3 aromatic rings. The van der Waals surface area contributed by atoms with Gasteiger partial charge in [0.05, 0.1) is 12.7 Å². The third kappa shape index (κ3) is 5.39. The van der Waals surface area contributed by atoms with Crippen LogP contribution in [0, 0.1) is 0 Å². The molecule has 0 aliphatic rings. The van der Waals surface area contributed by atoms with Crippen LogP contribution >= 0.6 is 0 Å². The van der Waals surface area contributed by atoms with Crippen LogP contribution in [0.25, 0.3) is 11.0 Å². The average molecular weight is 410 g/mol. The SMILES string of the molecule is CCOC(=O)Nc1ccc2c(CN(CC(O)CC)c3ccccc3)cc(=O)oc2c1. The Morgan fingerprint density at radius 1 is 1.17 bits per heavy atom. The lowest BCUT2D eigenvalue weighted by atomic mass is 10.1. The number of carbonyl (C=O) groups is 1. The minimum absolute atomic E-state index is 0.261. The number of fused-ring (bicyclic) bond motifs is 1. The monoisotopic (exact) mass is 410 g/mol. The summed E-state index contributed by atoms with van der Waals surface area (Å²) in [6.07, 6.45) is -0.430. The molecule has 0 fully saturated rings. The number of carbonyl (C=O) groups excluding carboxylic acids is 1. The Labute approximate surface area is 174 Å². The molecule has 0 saturated heterocycles. The molecule has 2 aromatic carbocycles. The molecule has 0 spiro atoms. The molecule has 1 aromatic heterocycles. The van der Waals surface area contributed by atoms with Crippen molar-refractivity contribution in [2.24, 2.45) is 0 Å². The van der Waals surface area contributed by atoms with Gasteiger partial charge in [0, 0.05) is 42.0 Å². The number of benzene rings is 2. The topological polar surface area (TPSA) is 92.0 Å². The summed E-state index contributed by atoms with van der Waals surface area (Å²) in [4.78, 5) is 25.9. The van der Waals surface area contributed by atoms with E-state index in [2.05, 4.69) is 5.32 Å². The number of aliphatic hydroxyl groups excluding tert-OH is 1. The molecular weight excluding hydrogens is 384 g/mol. The lowest BCUT2D eigenvalue weighted by Crippen LogP contribution is -2.32. The Morgan fingerprint density at radius 3 is 2.63 bits per heavy atom. The van der Waals surface area contributed by atoms with Gasteiger partial charge in [-0.15, -0.1) is 0 Å². The molecule has 0 aliphatic heterocycles. The van der Waals surface area contributed by atoms with Gasteiger partial charge in [-0.3, -0.25) is 5.32 Å². The number of nitrogens with one attached hydrogen (secondary N) is 1. The van der Waals surface area contributed by atoms with Gasteiger partial charge in [0.15, 0.2) is 0 Å². The first kappa shape index (κ1) is 21.4. The van der Waals surface area contributed by atoms with Crippen LogP contribution in [-0.2, 0) is 11.3 Å². The number of hydrogen-bond donors (Lipinski definition) is 2. The first-order chi connectivity index (χ1) is 14.5. The van der Waals surface area contributed by atoms with Gasteiger partial charge in [-0.1, -0.05) is 25.1 Å². The number of amides is 1. The zero-order valence-electron chi connectivity index (χ0n) is 17.1. The van der Waals surface area contributed by atoms with Crippen LogP contribution in [0.4, 0.5) is 16.2 Å². The summed E-state index contributed by atoms with van der Waals surface area (Å²) in [7, 11) is 0. The van der Waals surface area contributed by atoms with Gasteiger partial charge in [0.2, 0.25) is 0 Å². The summed E-state index contributed by atoms with van der Waals surface area (Å²) in [6.45, 7) is 4.77. The van der Waals surface area contributed by atoms with Crippen LogP contribution in [0.15, 0.2) is 63.8 Å². The van der Waals surface area contributed by atoms with E-state index in [1.165, 1.54) is 6.07 Å². The Balaban J connectivity index is 1.95. The Morgan fingerprint density at radius 2 is 1.93 bits per heavy atom. The van der Waals surface area contributed by atoms with E-state index in [0.29, 0.717) is 30.8 Å². The molecule has 7 heteroatoms. The smallest absolute Gasteiger partial charge is 0.411 e. The summed E-state index contributed by atoms with van der Waals surface area (Å²) in [5.74, 6) is 0. The van der Waals surface area contributed by atoms with E-state index >= 15 is 0 Å². The van der Waals surface area contributed by atoms with Crippen LogP contribution < -0.4 is 15.8 Å². The summed E-state index contributed by atoms with van der Waals surface area (Å²) in [6, 6.07) is 16.3. The molecule has 158 valence electrons. The Kier molecular flexibility index (Phi) is 7.08. The molecule has 0 radical (unpaired) electrons. The largest absolute Gasteiger partial charge is 0.450 e. The lowest BCUT2D eigenvalue weighted by molar-refractivity contribution is 0.168. The molecule has 3 rings (SSSR count). The highest BCUT2D eigenvalue weighted by Gasteiger charge is 2.15. The van der Waals surface area contributed by atoms with Crippen molar-refractivity contribution in [1.29, 1.82) is 0 Å². The molecule has 2 N–H and O–H groups in total. The maximum Gasteiger partial charge on any atom is 0.411 e. The van der Waals surface area contributed by atoms with Crippen molar-refractivity contribution in [3.8, 4) is 0 Å². The van der Waals surface area contributed by atoms with Crippen LogP contribution in [0.1, 0.15) is 25.8 Å². The standard InChI is InChI=1S/C23H26N2O5/c1-3-19(26)15-25(18-8-6-5-7-9-18)14-16-12-22(27)30-21-13-17(10-11-20(16)21)24-23(28)29-4-2/h5-13,19,26H,3-4,14-15H2,1-2H3,(H,24,28). The van der Waals surface area contributed by atoms with Gasteiger partial charge in [0.25, 0.3) is 0 Å². The number of anilines is 2. The van der Waals surface area contributed by atoms with Crippen molar-refractivity contribution in [2.45, 2.75) is 32.9 Å². The molecule has 1 unspecified atom stereocenters. The van der Waals surface area contributed by atoms with E-state index < -0.39 is 17.8 Å². The third-order valence-electron chi connectivity index (χ3n) is 4.74. The van der Waals surface area contributed by atoms with Crippen LogP contribution in [-0.4, -0.2) is 30.5 Å². The second kappa shape index (κ2) is 9.93. The number of ether oxygens (including phenoxy) is 1. The van der Waals surface area contributed by atoms with Gasteiger partial charge in [-0.05, 0) is 43.2 Å². The normalized spacial score (nSPS) is 11.8. The second-order valence-electron chi connectivity index (χ2n) is 6.93. The fraction of sp³-hybridized carbons (Fsp3) is 0.304. The molecule has 1 amide bonds. The molecule has 0 bridgehead atoms. The number of aliphatic hydroxyl groups is 1. The van der Waals surface area contributed by atoms with E-state index in [9.17, 15) is 14.7 Å². The maximum absolute atomic E-state index is 12.2. The second-order valence-corrected chi connectivity index (χ2v) is 6.93. The third-order valence-corrected chi connectivity index (χ3v) is 4.74. The van der Waals surface area contributed by atoms with Crippen molar-refractivity contribution in [2.75, 3.05) is 23.4 Å². The van der Waals surface area contributed by atoms with Crippen LogP contribution in [0.5, 0.6) is 0 Å². The van der Waals surface area contributed by atoms with Gasteiger partial charge in [0.1, 0.15) is 5.58 Å². The molecule has 0 aliphatic carbocycles.